The highest BCUT2D eigenvalue weighted by atomic mass is 32.1. The molecule has 5 heteroatoms. The van der Waals surface area contributed by atoms with Gasteiger partial charge in [-0.2, -0.15) is 0 Å². The molecular weight excluding hydrogens is 186 g/mol. The molecule has 0 amide bonds. The summed E-state index contributed by atoms with van der Waals surface area (Å²) in [5.74, 6) is 1.21. The quantitative estimate of drug-likeness (QED) is 0.806. The molecule has 68 valence electrons. The molecule has 0 aliphatic rings. The molecule has 2 aromatic heterocycles. The van der Waals surface area contributed by atoms with E-state index >= 15 is 0 Å². The van der Waals surface area contributed by atoms with Crippen LogP contribution >= 0.6 is 11.3 Å². The highest BCUT2D eigenvalue weighted by Crippen LogP contribution is 2.22. The van der Waals surface area contributed by atoms with Crippen LogP contribution in [-0.2, 0) is 6.54 Å². The van der Waals surface area contributed by atoms with E-state index in [0.29, 0.717) is 18.3 Å². The van der Waals surface area contributed by atoms with Crippen LogP contribution in [0.3, 0.4) is 0 Å². The number of nitrogens with zero attached hydrogens (tertiary/aromatic N) is 2. The van der Waals surface area contributed by atoms with Gasteiger partial charge in [-0.15, -0.1) is 21.5 Å². The fraction of sp³-hybridized carbons (Fsp3) is 0.250. The summed E-state index contributed by atoms with van der Waals surface area (Å²) in [7, 11) is 1.84. The van der Waals surface area contributed by atoms with Crippen LogP contribution in [0.2, 0.25) is 0 Å². The third-order valence-corrected chi connectivity index (χ3v) is 2.38. The molecule has 0 atom stereocenters. The number of thiophene rings is 1. The van der Waals surface area contributed by atoms with Gasteiger partial charge in [-0.1, -0.05) is 6.07 Å². The van der Waals surface area contributed by atoms with Gasteiger partial charge in [0.05, 0.1) is 11.4 Å². The van der Waals surface area contributed by atoms with Crippen LogP contribution in [0.4, 0.5) is 0 Å². The van der Waals surface area contributed by atoms with Crippen LogP contribution in [0.1, 0.15) is 5.89 Å². The fourth-order valence-electron chi connectivity index (χ4n) is 0.976. The Morgan fingerprint density at radius 1 is 1.54 bits per heavy atom. The van der Waals surface area contributed by atoms with Gasteiger partial charge in [0, 0.05) is 0 Å². The minimum atomic E-state index is 0.597. The summed E-state index contributed by atoms with van der Waals surface area (Å²) < 4.78 is 5.39. The van der Waals surface area contributed by atoms with Crippen molar-refractivity contribution in [2.45, 2.75) is 6.54 Å². The van der Waals surface area contributed by atoms with Crippen LogP contribution in [0, 0.1) is 0 Å². The van der Waals surface area contributed by atoms with Gasteiger partial charge in [0.1, 0.15) is 0 Å². The summed E-state index contributed by atoms with van der Waals surface area (Å²) in [5.41, 5.74) is 0. The molecule has 0 aliphatic heterocycles. The average Bonchev–Trinajstić information content (AvgIpc) is 2.70. The van der Waals surface area contributed by atoms with Gasteiger partial charge in [0.2, 0.25) is 5.89 Å². The van der Waals surface area contributed by atoms with E-state index < -0.39 is 0 Å². The first-order valence-electron chi connectivity index (χ1n) is 3.91. The SMILES string of the molecule is CNCc1nnc(-c2cccs2)o1. The Balaban J connectivity index is 2.23. The topological polar surface area (TPSA) is 51.0 Å². The van der Waals surface area contributed by atoms with Gasteiger partial charge in [0.25, 0.3) is 5.89 Å². The van der Waals surface area contributed by atoms with E-state index in [1.807, 2.05) is 24.6 Å². The molecule has 4 nitrogen and oxygen atoms in total. The molecule has 2 heterocycles. The lowest BCUT2D eigenvalue weighted by Gasteiger charge is -1.88. The molecule has 0 aliphatic carbocycles. The fourth-order valence-corrected chi connectivity index (χ4v) is 1.62. The standard InChI is InChI=1S/C8H9N3OS/c1-9-5-7-10-11-8(12-7)6-3-2-4-13-6/h2-4,9H,5H2,1H3. The lowest BCUT2D eigenvalue weighted by Crippen LogP contribution is -2.04. The molecule has 0 saturated carbocycles. The number of hydrogen-bond acceptors (Lipinski definition) is 5. The van der Waals surface area contributed by atoms with E-state index in [1.54, 1.807) is 11.3 Å². The predicted molar refractivity (Wildman–Crippen MR) is 50.4 cm³/mol. The van der Waals surface area contributed by atoms with Gasteiger partial charge >= 0.3 is 0 Å². The maximum atomic E-state index is 5.39. The van der Waals surface area contributed by atoms with Crippen molar-refractivity contribution in [3.05, 3.63) is 23.4 Å². The van der Waals surface area contributed by atoms with Crippen molar-refractivity contribution >= 4 is 11.3 Å². The zero-order chi connectivity index (χ0) is 9.10. The number of aromatic nitrogens is 2. The van der Waals surface area contributed by atoms with Crippen LogP contribution < -0.4 is 5.32 Å². The highest BCUT2D eigenvalue weighted by Gasteiger charge is 2.07. The van der Waals surface area contributed by atoms with E-state index in [1.165, 1.54) is 0 Å². The van der Waals surface area contributed by atoms with Crippen molar-refractivity contribution in [2.24, 2.45) is 0 Å². The van der Waals surface area contributed by atoms with E-state index in [9.17, 15) is 0 Å². The van der Waals surface area contributed by atoms with Crippen LogP contribution in [0.25, 0.3) is 10.8 Å². The monoisotopic (exact) mass is 195 g/mol. The summed E-state index contributed by atoms with van der Waals surface area (Å²) in [4.78, 5) is 1.01. The Hall–Kier alpha value is -1.20. The van der Waals surface area contributed by atoms with Crippen molar-refractivity contribution in [1.82, 2.24) is 15.5 Å². The Labute approximate surface area is 79.6 Å². The highest BCUT2D eigenvalue weighted by molar-refractivity contribution is 7.13. The van der Waals surface area contributed by atoms with E-state index in [0.717, 1.165) is 4.88 Å². The van der Waals surface area contributed by atoms with Crippen molar-refractivity contribution < 1.29 is 4.42 Å². The average molecular weight is 195 g/mol. The van der Waals surface area contributed by atoms with E-state index in [2.05, 4.69) is 15.5 Å². The molecule has 0 unspecified atom stereocenters. The second-order valence-corrected chi connectivity index (χ2v) is 3.46. The first-order chi connectivity index (χ1) is 6.40. The van der Waals surface area contributed by atoms with Crippen molar-refractivity contribution in [2.75, 3.05) is 7.05 Å². The third kappa shape index (κ3) is 1.76. The minimum Gasteiger partial charge on any atom is -0.419 e. The molecular formula is C8H9N3OS. The minimum absolute atomic E-state index is 0.597. The summed E-state index contributed by atoms with van der Waals surface area (Å²) in [6.45, 7) is 0.609. The molecule has 2 aromatic rings. The number of hydrogen-bond donors (Lipinski definition) is 1. The van der Waals surface area contributed by atoms with Crippen LogP contribution in [0.15, 0.2) is 21.9 Å². The van der Waals surface area contributed by atoms with E-state index in [-0.39, 0.29) is 0 Å². The molecule has 13 heavy (non-hydrogen) atoms. The summed E-state index contributed by atoms with van der Waals surface area (Å²) >= 11 is 1.59. The van der Waals surface area contributed by atoms with Crippen LogP contribution in [0.5, 0.6) is 0 Å². The Bertz CT molecular complexity index is 368. The predicted octanol–water partition coefficient (Wildman–Crippen LogP) is 1.52. The van der Waals surface area contributed by atoms with Gasteiger partial charge in [-0.05, 0) is 18.5 Å². The smallest absolute Gasteiger partial charge is 0.257 e. The van der Waals surface area contributed by atoms with Gasteiger partial charge in [-0.25, -0.2) is 0 Å². The van der Waals surface area contributed by atoms with Crippen molar-refractivity contribution in [3.8, 4) is 10.8 Å². The summed E-state index contributed by atoms with van der Waals surface area (Å²) in [6.07, 6.45) is 0. The van der Waals surface area contributed by atoms with E-state index in [4.69, 9.17) is 4.42 Å². The lowest BCUT2D eigenvalue weighted by atomic mass is 10.5. The second kappa shape index (κ2) is 3.68. The Morgan fingerprint density at radius 3 is 3.15 bits per heavy atom. The zero-order valence-corrected chi connectivity index (χ0v) is 7.97. The molecule has 0 radical (unpaired) electrons. The van der Waals surface area contributed by atoms with Crippen molar-refractivity contribution in [3.63, 3.8) is 0 Å². The summed E-state index contributed by atoms with van der Waals surface area (Å²) in [6, 6.07) is 3.92. The number of rotatable bonds is 3. The molecule has 1 N–H and O–H groups in total. The van der Waals surface area contributed by atoms with Gasteiger partial charge in [-0.3, -0.25) is 0 Å². The Kier molecular flexibility index (Phi) is 2.37. The normalized spacial score (nSPS) is 10.5. The maximum Gasteiger partial charge on any atom is 0.257 e. The molecule has 0 spiro atoms. The largest absolute Gasteiger partial charge is 0.419 e. The molecule has 0 fully saturated rings. The van der Waals surface area contributed by atoms with Crippen molar-refractivity contribution in [1.29, 1.82) is 0 Å². The lowest BCUT2D eigenvalue weighted by molar-refractivity contribution is 0.491. The van der Waals surface area contributed by atoms with Crippen LogP contribution in [-0.4, -0.2) is 17.2 Å². The third-order valence-electron chi connectivity index (χ3n) is 1.53. The molecule has 0 bridgehead atoms. The molecule has 0 saturated heterocycles. The number of nitrogens with one attached hydrogen (secondary N) is 1. The first-order valence-corrected chi connectivity index (χ1v) is 4.79. The zero-order valence-electron chi connectivity index (χ0n) is 7.15. The Morgan fingerprint density at radius 2 is 2.46 bits per heavy atom. The molecule has 2 rings (SSSR count). The first kappa shape index (κ1) is 8.40. The second-order valence-electron chi connectivity index (χ2n) is 2.51. The van der Waals surface area contributed by atoms with Gasteiger partial charge in [0.15, 0.2) is 0 Å². The molecule has 0 aromatic carbocycles. The van der Waals surface area contributed by atoms with Gasteiger partial charge < -0.3 is 9.73 Å². The summed E-state index contributed by atoms with van der Waals surface area (Å²) in [5, 5.41) is 12.8. The maximum absolute atomic E-state index is 5.39.